The van der Waals surface area contributed by atoms with E-state index >= 15 is 0 Å². The number of hydrogen-bond donors (Lipinski definition) is 0. The van der Waals surface area contributed by atoms with Gasteiger partial charge >= 0.3 is 6.03 Å². The van der Waals surface area contributed by atoms with E-state index in [9.17, 15) is 9.28 Å². The van der Waals surface area contributed by atoms with Gasteiger partial charge in [0.15, 0.2) is 4.17 Å². The Morgan fingerprint density at radius 2 is 1.94 bits per heavy atom. The second-order valence-corrected chi connectivity index (χ2v) is 6.38. The lowest BCUT2D eigenvalue weighted by atomic mass is 10.2. The molecular weight excluding hydrogens is 300 g/mol. The number of aryl methyl sites for hydroxylation is 1. The molecule has 0 radical (unpaired) electrons. The number of carbonyl (C=O) groups is 1. The van der Waals surface area contributed by atoms with Crippen LogP contribution in [0, 0.1) is 6.92 Å². The molecule has 1 aliphatic rings. The second kappa shape index (κ2) is 5.52. The van der Waals surface area contributed by atoms with E-state index in [1.807, 2.05) is 19.1 Å². The minimum Gasteiger partial charge on any atom is -0.275 e. The number of hydrogen-bond acceptors (Lipinski definition) is 3. The molecule has 0 aromatic heterocycles. The molecular formula is C10H10Cl2FN3OS. The van der Waals surface area contributed by atoms with Crippen LogP contribution in [-0.4, -0.2) is 26.5 Å². The van der Waals surface area contributed by atoms with Gasteiger partial charge in [0.1, 0.15) is 6.67 Å². The maximum atomic E-state index is 13.6. The Kier molecular flexibility index (Phi) is 4.21. The first-order chi connectivity index (χ1) is 8.49. The molecule has 1 saturated heterocycles. The number of halogens is 3. The molecule has 1 aromatic rings. The maximum Gasteiger partial charge on any atom is 0.370 e. The van der Waals surface area contributed by atoms with Crippen LogP contribution >= 0.6 is 35.1 Å². The predicted octanol–water partition coefficient (Wildman–Crippen LogP) is 3.71. The average Bonchev–Trinajstić information content (AvgIpc) is 2.58. The van der Waals surface area contributed by atoms with E-state index in [4.69, 9.17) is 23.2 Å². The monoisotopic (exact) mass is 309 g/mol. The third-order valence-electron chi connectivity index (χ3n) is 2.39. The lowest BCUT2D eigenvalue weighted by Gasteiger charge is -2.16. The first-order valence-electron chi connectivity index (χ1n) is 5.05. The molecule has 2 amide bonds. The summed E-state index contributed by atoms with van der Waals surface area (Å²) < 4.78 is 13.8. The van der Waals surface area contributed by atoms with Crippen LogP contribution in [0.4, 0.5) is 15.0 Å². The van der Waals surface area contributed by atoms with Crippen LogP contribution in [0.1, 0.15) is 5.56 Å². The summed E-state index contributed by atoms with van der Waals surface area (Å²) in [6.07, 6.45) is 0. The smallest absolute Gasteiger partial charge is 0.275 e. The largest absolute Gasteiger partial charge is 0.370 e. The molecule has 0 saturated carbocycles. The molecule has 1 aliphatic heterocycles. The van der Waals surface area contributed by atoms with Crippen molar-refractivity contribution in [1.82, 2.24) is 9.65 Å². The third kappa shape index (κ3) is 2.83. The van der Waals surface area contributed by atoms with Crippen LogP contribution in [0.2, 0.25) is 0 Å². The summed E-state index contributed by atoms with van der Waals surface area (Å²) in [6, 6.07) is 6.46. The van der Waals surface area contributed by atoms with Gasteiger partial charge in [-0.1, -0.05) is 50.6 Å². The van der Waals surface area contributed by atoms with Gasteiger partial charge in [0, 0.05) is 5.69 Å². The quantitative estimate of drug-likeness (QED) is 0.484. The number of carbonyl (C=O) groups excluding carboxylic acids is 1. The first kappa shape index (κ1) is 13.7. The number of benzene rings is 1. The third-order valence-corrected chi connectivity index (χ3v) is 3.53. The van der Waals surface area contributed by atoms with Crippen LogP contribution in [0.3, 0.4) is 0 Å². The van der Waals surface area contributed by atoms with E-state index < -0.39 is 10.2 Å². The van der Waals surface area contributed by atoms with E-state index in [0.717, 1.165) is 21.9 Å². The molecule has 0 N–H and O–H groups in total. The molecule has 0 aliphatic carbocycles. The van der Waals surface area contributed by atoms with Crippen molar-refractivity contribution in [1.29, 1.82) is 0 Å². The zero-order valence-corrected chi connectivity index (χ0v) is 11.7. The summed E-state index contributed by atoms with van der Waals surface area (Å²) in [5.74, 6) is 0. The lowest BCUT2D eigenvalue weighted by Crippen LogP contribution is -2.28. The molecule has 2 rings (SSSR count). The fraction of sp³-hybridized carbons (Fsp3) is 0.300. The Balaban J connectivity index is 2.15. The van der Waals surface area contributed by atoms with Crippen LogP contribution in [0.15, 0.2) is 24.3 Å². The molecule has 1 heterocycles. The van der Waals surface area contributed by atoms with Gasteiger partial charge in [0.2, 0.25) is 0 Å². The summed E-state index contributed by atoms with van der Waals surface area (Å²) in [5, 5.41) is 0.00227. The summed E-state index contributed by atoms with van der Waals surface area (Å²) >= 11 is 11.9. The topological polar surface area (TPSA) is 26.8 Å². The van der Waals surface area contributed by atoms with Crippen molar-refractivity contribution >= 4 is 46.9 Å². The van der Waals surface area contributed by atoms with Crippen molar-refractivity contribution in [2.24, 2.45) is 0 Å². The van der Waals surface area contributed by atoms with Gasteiger partial charge in [-0.05, 0) is 31.0 Å². The Morgan fingerprint density at radius 1 is 1.33 bits per heavy atom. The normalized spacial score (nSPS) is 17.1. The standard InChI is InChI=1S/C10H10Cl2FN3OS/c1-7-2-4-8(5-3-7)14-6-15(18-9(11)12)16(13)10(14)17/h2-5,9H,6H2,1H3. The van der Waals surface area contributed by atoms with Crippen LogP contribution < -0.4 is 4.90 Å². The zero-order valence-electron chi connectivity index (χ0n) is 9.39. The maximum absolute atomic E-state index is 13.6. The number of anilines is 1. The first-order valence-corrected chi connectivity index (χ1v) is 6.76. The highest BCUT2D eigenvalue weighted by molar-refractivity contribution is 8.00. The Bertz CT molecular complexity index is 445. The van der Waals surface area contributed by atoms with Crippen molar-refractivity contribution < 1.29 is 9.28 Å². The second-order valence-electron chi connectivity index (χ2n) is 3.67. The summed E-state index contributed by atoms with van der Waals surface area (Å²) in [4.78, 5) is 13.0. The fourth-order valence-electron chi connectivity index (χ4n) is 1.52. The average molecular weight is 310 g/mol. The van der Waals surface area contributed by atoms with Crippen molar-refractivity contribution in [2.75, 3.05) is 11.6 Å². The lowest BCUT2D eigenvalue weighted by molar-refractivity contribution is -0.0290. The molecule has 18 heavy (non-hydrogen) atoms. The van der Waals surface area contributed by atoms with E-state index in [0.29, 0.717) is 5.69 Å². The van der Waals surface area contributed by atoms with E-state index in [-0.39, 0.29) is 11.9 Å². The van der Waals surface area contributed by atoms with E-state index in [2.05, 4.69) is 0 Å². The van der Waals surface area contributed by atoms with Crippen molar-refractivity contribution in [3.63, 3.8) is 0 Å². The van der Waals surface area contributed by atoms with Crippen molar-refractivity contribution in [3.05, 3.63) is 29.8 Å². The molecule has 0 spiro atoms. The zero-order chi connectivity index (χ0) is 13.3. The molecule has 8 heteroatoms. The molecule has 98 valence electrons. The van der Waals surface area contributed by atoms with Gasteiger partial charge in [0.05, 0.1) is 0 Å². The number of rotatable bonds is 3. The van der Waals surface area contributed by atoms with Crippen LogP contribution in [0.5, 0.6) is 0 Å². The SMILES string of the molecule is Cc1ccc(N2CN(SC(Cl)Cl)N(F)C2=O)cc1. The van der Waals surface area contributed by atoms with Gasteiger partial charge in [-0.25, -0.2) is 4.79 Å². The highest BCUT2D eigenvalue weighted by atomic mass is 35.5. The summed E-state index contributed by atoms with van der Waals surface area (Å²) in [6.45, 7) is 1.99. The number of alkyl halides is 2. The number of nitrogens with zero attached hydrogens (tertiary/aromatic N) is 3. The van der Waals surface area contributed by atoms with Crippen molar-refractivity contribution in [3.8, 4) is 0 Å². The fourth-order valence-corrected chi connectivity index (χ4v) is 2.59. The van der Waals surface area contributed by atoms with Crippen LogP contribution in [0.25, 0.3) is 0 Å². The number of amides is 2. The number of urea groups is 1. The Labute approximate surface area is 118 Å². The highest BCUT2D eigenvalue weighted by Crippen LogP contribution is 2.32. The van der Waals surface area contributed by atoms with Gasteiger partial charge in [-0.2, -0.15) is 0 Å². The molecule has 1 aromatic carbocycles. The summed E-state index contributed by atoms with van der Waals surface area (Å²) in [5.41, 5.74) is 1.69. The Hall–Kier alpha value is -0.690. The van der Waals surface area contributed by atoms with Gasteiger partial charge < -0.3 is 0 Å². The van der Waals surface area contributed by atoms with Gasteiger partial charge in [0.25, 0.3) is 0 Å². The Morgan fingerprint density at radius 3 is 2.50 bits per heavy atom. The van der Waals surface area contributed by atoms with E-state index in [1.54, 1.807) is 12.1 Å². The molecule has 1 fully saturated rings. The van der Waals surface area contributed by atoms with Gasteiger partial charge in [-0.3, -0.25) is 4.90 Å². The molecule has 0 atom stereocenters. The molecule has 0 bridgehead atoms. The minimum absolute atomic E-state index is 0.00227. The van der Waals surface area contributed by atoms with Crippen molar-refractivity contribution in [2.45, 2.75) is 11.1 Å². The summed E-state index contributed by atoms with van der Waals surface area (Å²) in [7, 11) is 0. The number of hydrazine groups is 1. The minimum atomic E-state index is -0.839. The van der Waals surface area contributed by atoms with Gasteiger partial charge in [-0.15, -0.1) is 4.41 Å². The highest BCUT2D eigenvalue weighted by Gasteiger charge is 2.38. The predicted molar refractivity (Wildman–Crippen MR) is 71.8 cm³/mol. The molecule has 0 unspecified atom stereocenters. The van der Waals surface area contributed by atoms with E-state index in [1.165, 1.54) is 4.90 Å². The molecule has 4 nitrogen and oxygen atoms in total. The van der Waals surface area contributed by atoms with Crippen LogP contribution in [-0.2, 0) is 0 Å².